The molecule has 0 aliphatic carbocycles. The molecule has 0 unspecified atom stereocenters. The standard InChI is InChI=1S/C11H18N2.ClH/c1-4-13(5-2)12-11-9-7-6-8-10(11)3;/h6-9,12H,4-5H2,1-3H3;1H. The number of rotatable bonds is 4. The summed E-state index contributed by atoms with van der Waals surface area (Å²) in [6, 6.07) is 8.33. The van der Waals surface area contributed by atoms with Crippen LogP contribution in [0.4, 0.5) is 5.69 Å². The van der Waals surface area contributed by atoms with Crippen molar-refractivity contribution in [3.8, 4) is 0 Å². The summed E-state index contributed by atoms with van der Waals surface area (Å²) in [7, 11) is 0. The van der Waals surface area contributed by atoms with Gasteiger partial charge in [0.15, 0.2) is 0 Å². The molecule has 0 saturated carbocycles. The van der Waals surface area contributed by atoms with E-state index in [2.05, 4.69) is 55.5 Å². The Morgan fingerprint density at radius 1 is 1.14 bits per heavy atom. The van der Waals surface area contributed by atoms with E-state index in [1.165, 1.54) is 11.3 Å². The lowest BCUT2D eigenvalue weighted by molar-refractivity contribution is 0.367. The minimum absolute atomic E-state index is 0. The van der Waals surface area contributed by atoms with Crippen molar-refractivity contribution in [1.29, 1.82) is 0 Å². The molecule has 3 heteroatoms. The maximum absolute atomic E-state index is 3.38. The highest BCUT2D eigenvalue weighted by molar-refractivity contribution is 5.85. The fourth-order valence-corrected chi connectivity index (χ4v) is 1.25. The van der Waals surface area contributed by atoms with Crippen molar-refractivity contribution in [3.63, 3.8) is 0 Å². The molecular weight excluding hydrogens is 196 g/mol. The average molecular weight is 215 g/mol. The van der Waals surface area contributed by atoms with E-state index in [1.54, 1.807) is 0 Å². The van der Waals surface area contributed by atoms with Crippen molar-refractivity contribution in [2.45, 2.75) is 20.8 Å². The third-order valence-electron chi connectivity index (χ3n) is 2.19. The van der Waals surface area contributed by atoms with Gasteiger partial charge in [-0.05, 0) is 18.6 Å². The Balaban J connectivity index is 0.00000169. The first-order chi connectivity index (χ1) is 6.27. The fourth-order valence-electron chi connectivity index (χ4n) is 1.25. The summed E-state index contributed by atoms with van der Waals surface area (Å²) in [4.78, 5) is 0. The van der Waals surface area contributed by atoms with Crippen LogP contribution in [0.3, 0.4) is 0 Å². The van der Waals surface area contributed by atoms with Gasteiger partial charge in [0.1, 0.15) is 0 Å². The molecule has 1 N–H and O–H groups in total. The molecule has 2 nitrogen and oxygen atoms in total. The van der Waals surface area contributed by atoms with Crippen LogP contribution in [-0.2, 0) is 0 Å². The van der Waals surface area contributed by atoms with Crippen molar-refractivity contribution in [2.24, 2.45) is 0 Å². The Labute approximate surface area is 92.7 Å². The Morgan fingerprint density at radius 2 is 1.71 bits per heavy atom. The van der Waals surface area contributed by atoms with Crippen LogP contribution in [0.15, 0.2) is 24.3 Å². The normalized spacial score (nSPS) is 9.71. The molecule has 0 aliphatic rings. The van der Waals surface area contributed by atoms with Gasteiger partial charge in [-0.15, -0.1) is 12.4 Å². The summed E-state index contributed by atoms with van der Waals surface area (Å²) < 4.78 is 0. The molecule has 0 amide bonds. The number of hydrazine groups is 1. The topological polar surface area (TPSA) is 15.3 Å². The summed E-state index contributed by atoms with van der Waals surface area (Å²) in [5.41, 5.74) is 5.87. The average Bonchev–Trinajstić information content (AvgIpc) is 2.17. The molecule has 1 rings (SSSR count). The molecule has 0 atom stereocenters. The zero-order valence-electron chi connectivity index (χ0n) is 9.08. The van der Waals surface area contributed by atoms with Gasteiger partial charge in [0.05, 0.1) is 5.69 Å². The van der Waals surface area contributed by atoms with Crippen molar-refractivity contribution in [2.75, 3.05) is 18.5 Å². The Morgan fingerprint density at radius 3 is 2.21 bits per heavy atom. The van der Waals surface area contributed by atoms with Crippen molar-refractivity contribution in [1.82, 2.24) is 5.01 Å². The molecule has 80 valence electrons. The fraction of sp³-hybridized carbons (Fsp3) is 0.455. The number of anilines is 1. The molecule has 0 bridgehead atoms. The Hall–Kier alpha value is -0.730. The molecule has 0 heterocycles. The number of benzene rings is 1. The van der Waals surface area contributed by atoms with Crippen LogP contribution < -0.4 is 5.43 Å². The molecule has 0 radical (unpaired) electrons. The third kappa shape index (κ3) is 3.56. The Bertz CT molecular complexity index is 259. The number of aryl methyl sites for hydroxylation is 1. The first-order valence-corrected chi connectivity index (χ1v) is 4.85. The predicted octanol–water partition coefficient (Wildman–Crippen LogP) is 3.09. The summed E-state index contributed by atoms with van der Waals surface area (Å²) in [5.74, 6) is 0. The smallest absolute Gasteiger partial charge is 0.0519 e. The second-order valence-corrected chi connectivity index (χ2v) is 3.10. The van der Waals surface area contributed by atoms with Gasteiger partial charge >= 0.3 is 0 Å². The van der Waals surface area contributed by atoms with E-state index in [-0.39, 0.29) is 12.4 Å². The van der Waals surface area contributed by atoms with E-state index in [1.807, 2.05) is 0 Å². The van der Waals surface area contributed by atoms with Crippen LogP contribution >= 0.6 is 12.4 Å². The van der Waals surface area contributed by atoms with Gasteiger partial charge < -0.3 is 5.43 Å². The van der Waals surface area contributed by atoms with Gasteiger partial charge in [0.25, 0.3) is 0 Å². The monoisotopic (exact) mass is 214 g/mol. The lowest BCUT2D eigenvalue weighted by atomic mass is 10.2. The first-order valence-electron chi connectivity index (χ1n) is 4.85. The maximum Gasteiger partial charge on any atom is 0.0519 e. The highest BCUT2D eigenvalue weighted by Gasteiger charge is 2.00. The Kier molecular flexibility index (Phi) is 6.34. The molecular formula is C11H19ClN2. The third-order valence-corrected chi connectivity index (χ3v) is 2.19. The van der Waals surface area contributed by atoms with E-state index in [0.717, 1.165) is 13.1 Å². The summed E-state index contributed by atoms with van der Waals surface area (Å²) in [6.45, 7) is 8.45. The van der Waals surface area contributed by atoms with Gasteiger partial charge in [-0.1, -0.05) is 32.0 Å². The van der Waals surface area contributed by atoms with Crippen molar-refractivity contribution >= 4 is 18.1 Å². The number of hydrogen-bond acceptors (Lipinski definition) is 2. The predicted molar refractivity (Wildman–Crippen MR) is 65.0 cm³/mol. The molecule has 0 saturated heterocycles. The van der Waals surface area contributed by atoms with Gasteiger partial charge in [-0.3, -0.25) is 0 Å². The van der Waals surface area contributed by atoms with E-state index < -0.39 is 0 Å². The second-order valence-electron chi connectivity index (χ2n) is 3.10. The first kappa shape index (κ1) is 13.3. The van der Waals surface area contributed by atoms with Crippen LogP contribution in [0.2, 0.25) is 0 Å². The van der Waals surface area contributed by atoms with Crippen LogP contribution in [0.25, 0.3) is 0 Å². The molecule has 0 fully saturated rings. The number of halogens is 1. The van der Waals surface area contributed by atoms with E-state index in [0.29, 0.717) is 0 Å². The molecule has 14 heavy (non-hydrogen) atoms. The van der Waals surface area contributed by atoms with Crippen molar-refractivity contribution < 1.29 is 0 Å². The van der Waals surface area contributed by atoms with Crippen molar-refractivity contribution in [3.05, 3.63) is 29.8 Å². The molecule has 0 spiro atoms. The second kappa shape index (κ2) is 6.68. The van der Waals surface area contributed by atoms with Gasteiger partial charge in [0, 0.05) is 13.1 Å². The molecule has 1 aromatic carbocycles. The highest BCUT2D eigenvalue weighted by atomic mass is 35.5. The lowest BCUT2D eigenvalue weighted by Gasteiger charge is -2.21. The SMILES string of the molecule is CCN(CC)Nc1ccccc1C.Cl. The van der Waals surface area contributed by atoms with Crippen LogP contribution in [0.1, 0.15) is 19.4 Å². The summed E-state index contributed by atoms with van der Waals surface area (Å²) in [6.07, 6.45) is 0. The molecule has 1 aromatic rings. The minimum atomic E-state index is 0. The van der Waals surface area contributed by atoms with Gasteiger partial charge in [-0.2, -0.15) is 0 Å². The lowest BCUT2D eigenvalue weighted by Crippen LogP contribution is -2.29. The zero-order valence-corrected chi connectivity index (χ0v) is 9.90. The molecule has 0 aromatic heterocycles. The van der Waals surface area contributed by atoms with E-state index in [4.69, 9.17) is 0 Å². The minimum Gasteiger partial charge on any atom is -0.319 e. The quantitative estimate of drug-likeness (QED) is 0.775. The van der Waals surface area contributed by atoms with Gasteiger partial charge in [-0.25, -0.2) is 5.01 Å². The van der Waals surface area contributed by atoms with E-state index >= 15 is 0 Å². The molecule has 0 aliphatic heterocycles. The number of nitrogens with one attached hydrogen (secondary N) is 1. The summed E-state index contributed by atoms with van der Waals surface area (Å²) >= 11 is 0. The van der Waals surface area contributed by atoms with E-state index in [9.17, 15) is 0 Å². The van der Waals surface area contributed by atoms with Crippen LogP contribution in [0.5, 0.6) is 0 Å². The zero-order chi connectivity index (χ0) is 9.68. The number of para-hydroxylation sites is 1. The largest absolute Gasteiger partial charge is 0.319 e. The van der Waals surface area contributed by atoms with Crippen LogP contribution in [0, 0.1) is 6.92 Å². The number of hydrogen-bond donors (Lipinski definition) is 1. The highest BCUT2D eigenvalue weighted by Crippen LogP contribution is 2.13. The maximum atomic E-state index is 3.38. The number of nitrogens with zero attached hydrogens (tertiary/aromatic N) is 1. The summed E-state index contributed by atoms with van der Waals surface area (Å²) in [5, 5.41) is 2.18. The van der Waals surface area contributed by atoms with Crippen LogP contribution in [-0.4, -0.2) is 18.1 Å². The van der Waals surface area contributed by atoms with Gasteiger partial charge in [0.2, 0.25) is 0 Å².